The molecule has 8 nitrogen and oxygen atoms in total. The summed E-state index contributed by atoms with van der Waals surface area (Å²) in [6.07, 6.45) is 6.69. The lowest BCUT2D eigenvalue weighted by atomic mass is 10.1. The van der Waals surface area contributed by atoms with Crippen molar-refractivity contribution in [2.45, 2.75) is 70.0 Å². The van der Waals surface area contributed by atoms with Gasteiger partial charge in [0.15, 0.2) is 5.96 Å². The predicted octanol–water partition coefficient (Wildman–Crippen LogP) is -0.325. The highest BCUT2D eigenvalue weighted by atomic mass is 16.2. The van der Waals surface area contributed by atoms with Crippen molar-refractivity contribution in [1.82, 2.24) is 15.5 Å². The second-order valence-corrected chi connectivity index (χ2v) is 7.09. The summed E-state index contributed by atoms with van der Waals surface area (Å²) in [5, 5.41) is 13.0. The van der Waals surface area contributed by atoms with Gasteiger partial charge in [0.05, 0.1) is 6.04 Å². The standard InChI is InChI=1S/C17H37N7O/c1-13(6-4-10-22-17(20)21)23-16(25)15-8-5-11-24(15)12-14(19)7-2-3-9-18/h13-15H,2-12,18-19H2,1H3,(H,23,25)(H4,20,21,22)/t13-,14-,15?/m1/s1. The van der Waals surface area contributed by atoms with Crippen LogP contribution in [-0.4, -0.2) is 61.1 Å². The zero-order chi connectivity index (χ0) is 18.7. The maximum Gasteiger partial charge on any atom is 0.237 e. The molecule has 1 aliphatic heterocycles. The number of rotatable bonds is 12. The van der Waals surface area contributed by atoms with Crippen LogP contribution in [0, 0.1) is 5.41 Å². The molecule has 0 spiro atoms. The second-order valence-electron chi connectivity index (χ2n) is 7.09. The van der Waals surface area contributed by atoms with E-state index in [2.05, 4.69) is 15.5 Å². The summed E-state index contributed by atoms with van der Waals surface area (Å²) in [6, 6.07) is 0.162. The predicted molar refractivity (Wildman–Crippen MR) is 102 cm³/mol. The Morgan fingerprint density at radius 2 is 2.08 bits per heavy atom. The van der Waals surface area contributed by atoms with Crippen LogP contribution in [0.5, 0.6) is 0 Å². The molecule has 1 unspecified atom stereocenters. The van der Waals surface area contributed by atoms with E-state index in [0.717, 1.165) is 58.0 Å². The van der Waals surface area contributed by atoms with Crippen LogP contribution < -0.4 is 27.8 Å². The molecule has 25 heavy (non-hydrogen) atoms. The number of amides is 1. The van der Waals surface area contributed by atoms with Crippen LogP contribution >= 0.6 is 0 Å². The summed E-state index contributed by atoms with van der Waals surface area (Å²) in [4.78, 5) is 14.8. The van der Waals surface area contributed by atoms with E-state index in [0.29, 0.717) is 13.1 Å². The SMILES string of the molecule is C[C@H](CCCNC(=N)N)NC(=O)C1CCCN1C[C@H](N)CCCCN. The van der Waals surface area contributed by atoms with Gasteiger partial charge in [0.1, 0.15) is 0 Å². The first-order valence-electron chi connectivity index (χ1n) is 9.52. The lowest BCUT2D eigenvalue weighted by Crippen LogP contribution is -2.49. The first-order chi connectivity index (χ1) is 11.9. The Hall–Kier alpha value is -1.38. The van der Waals surface area contributed by atoms with Gasteiger partial charge in [-0.05, 0) is 58.5 Å². The van der Waals surface area contributed by atoms with Gasteiger partial charge in [-0.1, -0.05) is 6.42 Å². The van der Waals surface area contributed by atoms with Gasteiger partial charge in [-0.15, -0.1) is 0 Å². The number of hydrogen-bond acceptors (Lipinski definition) is 5. The Balaban J connectivity index is 2.31. The zero-order valence-electron chi connectivity index (χ0n) is 15.6. The molecule has 9 N–H and O–H groups in total. The fourth-order valence-electron chi connectivity index (χ4n) is 3.33. The molecule has 0 aromatic carbocycles. The molecular formula is C17H37N7O. The van der Waals surface area contributed by atoms with E-state index in [4.69, 9.17) is 22.6 Å². The molecule has 0 saturated carbocycles. The molecule has 8 heteroatoms. The number of nitrogens with one attached hydrogen (secondary N) is 3. The van der Waals surface area contributed by atoms with E-state index in [-0.39, 0.29) is 30.0 Å². The number of guanidine groups is 1. The molecule has 1 saturated heterocycles. The van der Waals surface area contributed by atoms with E-state index < -0.39 is 0 Å². The fraction of sp³-hybridized carbons (Fsp3) is 0.882. The van der Waals surface area contributed by atoms with Crippen molar-refractivity contribution in [3.8, 4) is 0 Å². The minimum absolute atomic E-state index is 0.0129. The van der Waals surface area contributed by atoms with Gasteiger partial charge in [-0.25, -0.2) is 0 Å². The van der Waals surface area contributed by atoms with Crippen molar-refractivity contribution in [2.75, 3.05) is 26.2 Å². The first kappa shape index (κ1) is 21.7. The lowest BCUT2D eigenvalue weighted by Gasteiger charge is -2.27. The average Bonchev–Trinajstić information content (AvgIpc) is 2.99. The number of carbonyl (C=O) groups excluding carboxylic acids is 1. The maximum absolute atomic E-state index is 12.6. The molecular weight excluding hydrogens is 318 g/mol. The molecule has 1 fully saturated rings. The van der Waals surface area contributed by atoms with Crippen LogP contribution in [0.1, 0.15) is 51.9 Å². The third-order valence-electron chi connectivity index (χ3n) is 4.68. The molecule has 0 aromatic heterocycles. The first-order valence-corrected chi connectivity index (χ1v) is 9.52. The van der Waals surface area contributed by atoms with E-state index >= 15 is 0 Å². The minimum Gasteiger partial charge on any atom is -0.370 e. The molecule has 0 aliphatic carbocycles. The number of likely N-dealkylation sites (tertiary alicyclic amines) is 1. The smallest absolute Gasteiger partial charge is 0.237 e. The molecule has 0 aromatic rings. The van der Waals surface area contributed by atoms with Crippen LogP contribution in [0.25, 0.3) is 0 Å². The van der Waals surface area contributed by atoms with E-state index in [1.54, 1.807) is 0 Å². The van der Waals surface area contributed by atoms with Gasteiger partial charge in [-0.3, -0.25) is 15.1 Å². The maximum atomic E-state index is 12.6. The Bertz CT molecular complexity index is 404. The van der Waals surface area contributed by atoms with Gasteiger partial charge < -0.3 is 27.8 Å². The summed E-state index contributed by atoms with van der Waals surface area (Å²) in [7, 11) is 0. The largest absolute Gasteiger partial charge is 0.370 e. The summed E-state index contributed by atoms with van der Waals surface area (Å²) in [5.41, 5.74) is 17.0. The normalized spacial score (nSPS) is 20.2. The van der Waals surface area contributed by atoms with Crippen molar-refractivity contribution in [3.63, 3.8) is 0 Å². The second kappa shape index (κ2) is 12.1. The minimum atomic E-state index is -0.0571. The van der Waals surface area contributed by atoms with Gasteiger partial charge >= 0.3 is 0 Å². The van der Waals surface area contributed by atoms with Gasteiger partial charge in [-0.2, -0.15) is 0 Å². The van der Waals surface area contributed by atoms with Gasteiger partial charge in [0.2, 0.25) is 5.91 Å². The van der Waals surface area contributed by atoms with Crippen LogP contribution in [0.15, 0.2) is 0 Å². The summed E-state index contributed by atoms with van der Waals surface area (Å²) in [6.45, 7) is 5.10. The molecule has 1 heterocycles. The molecule has 1 aliphatic rings. The van der Waals surface area contributed by atoms with E-state index in [9.17, 15) is 4.79 Å². The molecule has 0 radical (unpaired) electrons. The van der Waals surface area contributed by atoms with Crippen LogP contribution in [0.2, 0.25) is 0 Å². The number of hydrogen-bond donors (Lipinski definition) is 6. The highest BCUT2D eigenvalue weighted by Crippen LogP contribution is 2.18. The molecule has 1 rings (SSSR count). The number of carbonyl (C=O) groups is 1. The van der Waals surface area contributed by atoms with Crippen LogP contribution in [-0.2, 0) is 4.79 Å². The summed E-state index contributed by atoms with van der Waals surface area (Å²) >= 11 is 0. The van der Waals surface area contributed by atoms with Gasteiger partial charge in [0.25, 0.3) is 0 Å². The Morgan fingerprint density at radius 1 is 1.32 bits per heavy atom. The van der Waals surface area contributed by atoms with E-state index in [1.165, 1.54) is 0 Å². The molecule has 1 amide bonds. The number of unbranched alkanes of at least 4 members (excludes halogenated alkanes) is 1. The topological polar surface area (TPSA) is 146 Å². The van der Waals surface area contributed by atoms with E-state index in [1.807, 2.05) is 6.92 Å². The highest BCUT2D eigenvalue weighted by Gasteiger charge is 2.31. The van der Waals surface area contributed by atoms with Crippen molar-refractivity contribution < 1.29 is 4.79 Å². The van der Waals surface area contributed by atoms with Crippen LogP contribution in [0.3, 0.4) is 0 Å². The number of nitrogens with two attached hydrogens (primary N) is 3. The Kier molecular flexibility index (Phi) is 10.4. The lowest BCUT2D eigenvalue weighted by molar-refractivity contribution is -0.126. The summed E-state index contributed by atoms with van der Waals surface area (Å²) < 4.78 is 0. The third-order valence-corrected chi connectivity index (χ3v) is 4.68. The zero-order valence-corrected chi connectivity index (χ0v) is 15.6. The van der Waals surface area contributed by atoms with Crippen molar-refractivity contribution >= 4 is 11.9 Å². The van der Waals surface area contributed by atoms with Crippen molar-refractivity contribution in [3.05, 3.63) is 0 Å². The van der Waals surface area contributed by atoms with Gasteiger partial charge in [0, 0.05) is 25.2 Å². The third kappa shape index (κ3) is 9.04. The quantitative estimate of drug-likeness (QED) is 0.161. The monoisotopic (exact) mass is 355 g/mol. The number of nitrogens with zero attached hydrogens (tertiary/aromatic N) is 1. The Morgan fingerprint density at radius 3 is 2.76 bits per heavy atom. The Labute approximate surface area is 151 Å². The molecule has 3 atom stereocenters. The van der Waals surface area contributed by atoms with Crippen molar-refractivity contribution in [2.24, 2.45) is 17.2 Å². The fourth-order valence-corrected chi connectivity index (χ4v) is 3.33. The summed E-state index contributed by atoms with van der Waals surface area (Å²) in [5.74, 6) is 0.0970. The molecule has 0 bridgehead atoms. The average molecular weight is 356 g/mol. The van der Waals surface area contributed by atoms with Crippen LogP contribution in [0.4, 0.5) is 0 Å². The van der Waals surface area contributed by atoms with Crippen molar-refractivity contribution in [1.29, 1.82) is 5.41 Å². The molecule has 146 valence electrons. The highest BCUT2D eigenvalue weighted by molar-refractivity contribution is 5.82.